The van der Waals surface area contributed by atoms with E-state index in [9.17, 15) is 5.11 Å². The summed E-state index contributed by atoms with van der Waals surface area (Å²) in [6.07, 6.45) is 1.73. The summed E-state index contributed by atoms with van der Waals surface area (Å²) in [6, 6.07) is 16.1. The van der Waals surface area contributed by atoms with E-state index in [-0.39, 0.29) is 19.5 Å². The lowest BCUT2D eigenvalue weighted by Gasteiger charge is -2.27. The number of nitrogens with zero attached hydrogens (tertiary/aromatic N) is 3. The van der Waals surface area contributed by atoms with Crippen molar-refractivity contribution < 1.29 is 23.8 Å². The van der Waals surface area contributed by atoms with Crippen molar-refractivity contribution in [3.8, 4) is 22.8 Å². The molecule has 1 fully saturated rings. The Morgan fingerprint density at radius 3 is 2.58 bits per heavy atom. The normalized spacial score (nSPS) is 15.9. The van der Waals surface area contributed by atoms with Gasteiger partial charge in [-0.3, -0.25) is 4.90 Å². The molecule has 8 heteroatoms. The highest BCUT2D eigenvalue weighted by molar-refractivity contribution is 5.68. The van der Waals surface area contributed by atoms with Crippen molar-refractivity contribution in [3.05, 3.63) is 59.7 Å². The third kappa shape index (κ3) is 5.83. The molecule has 1 N–H and O–H groups in total. The zero-order valence-corrected chi connectivity index (χ0v) is 21.1. The zero-order valence-electron chi connectivity index (χ0n) is 21.1. The maximum Gasteiger partial charge on any atom is 0.232 e. The van der Waals surface area contributed by atoms with Crippen molar-refractivity contribution in [2.75, 3.05) is 37.9 Å². The van der Waals surface area contributed by atoms with E-state index in [1.165, 1.54) is 0 Å². The summed E-state index contributed by atoms with van der Waals surface area (Å²) in [5.74, 6) is 2.34. The molecule has 0 radical (unpaired) electrons. The summed E-state index contributed by atoms with van der Waals surface area (Å²) in [4.78, 5) is 4.51. The van der Waals surface area contributed by atoms with Crippen molar-refractivity contribution in [3.63, 3.8) is 0 Å². The van der Waals surface area contributed by atoms with E-state index >= 15 is 0 Å². The van der Waals surface area contributed by atoms with E-state index in [1.54, 1.807) is 0 Å². The average Bonchev–Trinajstić information content (AvgIpc) is 3.64. The molecule has 0 spiro atoms. The molecule has 3 aromatic rings. The van der Waals surface area contributed by atoms with Gasteiger partial charge in [-0.05, 0) is 44.4 Å². The van der Waals surface area contributed by atoms with Gasteiger partial charge in [-0.2, -0.15) is 0 Å². The lowest BCUT2D eigenvalue weighted by molar-refractivity contribution is -0.0106. The first-order chi connectivity index (χ1) is 17.6. The van der Waals surface area contributed by atoms with Crippen LogP contribution < -0.4 is 14.4 Å². The number of rotatable bonds is 11. The standard InChI is InChI=1S/C28H35N3O5/c1-20(2)33-18-23(32)16-30(15-21-10-11-25-26(14-21)35-19-34-25)17-24-27(22-8-4-3-5-9-22)29-36-28(24)31-12-6-7-13-31/h3-5,8-11,14,20,23,32H,6-7,12-13,15-19H2,1-2H3/t23-/m0/s1. The number of hydrogen-bond acceptors (Lipinski definition) is 8. The van der Waals surface area contributed by atoms with Crippen LogP contribution in [-0.4, -0.2) is 60.4 Å². The van der Waals surface area contributed by atoms with Gasteiger partial charge < -0.3 is 28.7 Å². The largest absolute Gasteiger partial charge is 0.454 e. The molecule has 5 rings (SSSR count). The quantitative estimate of drug-likeness (QED) is 0.419. The Morgan fingerprint density at radius 2 is 1.81 bits per heavy atom. The molecular weight excluding hydrogens is 458 g/mol. The Labute approximate surface area is 212 Å². The minimum absolute atomic E-state index is 0.0616. The highest BCUT2D eigenvalue weighted by atomic mass is 16.7. The molecule has 2 aromatic carbocycles. The maximum atomic E-state index is 10.8. The minimum Gasteiger partial charge on any atom is -0.454 e. The monoisotopic (exact) mass is 493 g/mol. The second kappa shape index (κ2) is 11.3. The van der Waals surface area contributed by atoms with Gasteiger partial charge in [-0.1, -0.05) is 41.6 Å². The lowest BCUT2D eigenvalue weighted by Crippen LogP contribution is -2.35. The molecule has 8 nitrogen and oxygen atoms in total. The molecule has 1 saturated heterocycles. The SMILES string of the molecule is CC(C)OC[C@@H](O)CN(Cc1ccc2c(c1)OCO2)Cc1c(-c2ccccc2)noc1N1CCCC1. The van der Waals surface area contributed by atoms with E-state index in [2.05, 4.69) is 27.1 Å². The summed E-state index contributed by atoms with van der Waals surface area (Å²) in [5.41, 5.74) is 3.99. The summed E-state index contributed by atoms with van der Waals surface area (Å²) < 4.78 is 22.7. The maximum absolute atomic E-state index is 10.8. The predicted octanol–water partition coefficient (Wildman–Crippen LogP) is 4.46. The molecule has 36 heavy (non-hydrogen) atoms. The first-order valence-corrected chi connectivity index (χ1v) is 12.8. The fourth-order valence-electron chi connectivity index (χ4n) is 4.80. The molecular formula is C28H35N3O5. The topological polar surface area (TPSA) is 80.4 Å². The van der Waals surface area contributed by atoms with Crippen molar-refractivity contribution in [2.24, 2.45) is 0 Å². The fourth-order valence-corrected chi connectivity index (χ4v) is 4.80. The van der Waals surface area contributed by atoms with Crippen LogP contribution in [0.1, 0.15) is 37.8 Å². The zero-order chi connectivity index (χ0) is 24.9. The van der Waals surface area contributed by atoms with Gasteiger partial charge in [0, 0.05) is 38.3 Å². The minimum atomic E-state index is -0.628. The van der Waals surface area contributed by atoms with Crippen LogP contribution in [0.2, 0.25) is 0 Å². The van der Waals surface area contributed by atoms with Crippen LogP contribution in [0, 0.1) is 0 Å². The molecule has 0 bridgehead atoms. The number of aliphatic hydroxyl groups is 1. The molecule has 0 amide bonds. The summed E-state index contributed by atoms with van der Waals surface area (Å²) in [5, 5.41) is 15.3. The highest BCUT2D eigenvalue weighted by Crippen LogP contribution is 2.36. The van der Waals surface area contributed by atoms with Gasteiger partial charge >= 0.3 is 0 Å². The molecule has 1 aromatic heterocycles. The van der Waals surface area contributed by atoms with Gasteiger partial charge in [0.2, 0.25) is 12.7 Å². The van der Waals surface area contributed by atoms with Crippen LogP contribution in [0.4, 0.5) is 5.88 Å². The van der Waals surface area contributed by atoms with E-state index in [0.29, 0.717) is 19.6 Å². The molecule has 0 saturated carbocycles. The van der Waals surface area contributed by atoms with Gasteiger partial charge in [0.05, 0.1) is 24.4 Å². The predicted molar refractivity (Wildman–Crippen MR) is 137 cm³/mol. The van der Waals surface area contributed by atoms with Crippen LogP contribution >= 0.6 is 0 Å². The fraction of sp³-hybridized carbons (Fsp3) is 0.464. The average molecular weight is 494 g/mol. The Kier molecular flexibility index (Phi) is 7.75. The van der Waals surface area contributed by atoms with Crippen molar-refractivity contribution in [1.82, 2.24) is 10.1 Å². The third-order valence-corrected chi connectivity index (χ3v) is 6.52. The summed E-state index contributed by atoms with van der Waals surface area (Å²) >= 11 is 0. The van der Waals surface area contributed by atoms with Crippen LogP contribution in [0.15, 0.2) is 53.1 Å². The summed E-state index contributed by atoms with van der Waals surface area (Å²) in [7, 11) is 0. The first kappa shape index (κ1) is 24.6. The van der Waals surface area contributed by atoms with Crippen LogP contribution in [0.5, 0.6) is 11.5 Å². The first-order valence-electron chi connectivity index (χ1n) is 12.8. The van der Waals surface area contributed by atoms with Crippen LogP contribution in [0.3, 0.4) is 0 Å². The van der Waals surface area contributed by atoms with E-state index in [1.807, 2.05) is 50.2 Å². The van der Waals surface area contributed by atoms with E-state index in [0.717, 1.165) is 65.7 Å². The Bertz CT molecular complexity index is 1130. The number of aliphatic hydroxyl groups excluding tert-OH is 1. The molecule has 1 atom stereocenters. The number of benzene rings is 2. The van der Waals surface area contributed by atoms with Crippen LogP contribution in [-0.2, 0) is 17.8 Å². The second-order valence-corrected chi connectivity index (χ2v) is 9.77. The Balaban J connectivity index is 1.44. The smallest absolute Gasteiger partial charge is 0.232 e. The van der Waals surface area contributed by atoms with Crippen molar-refractivity contribution in [1.29, 1.82) is 0 Å². The molecule has 192 valence electrons. The second-order valence-electron chi connectivity index (χ2n) is 9.77. The van der Waals surface area contributed by atoms with Gasteiger partial charge in [0.1, 0.15) is 5.69 Å². The van der Waals surface area contributed by atoms with Gasteiger partial charge in [0.25, 0.3) is 0 Å². The van der Waals surface area contributed by atoms with Gasteiger partial charge in [-0.25, -0.2) is 0 Å². The molecule has 0 aliphatic carbocycles. The van der Waals surface area contributed by atoms with Crippen molar-refractivity contribution in [2.45, 2.75) is 52.0 Å². The molecule has 2 aliphatic heterocycles. The number of hydrogen-bond donors (Lipinski definition) is 1. The molecule has 2 aliphatic rings. The highest BCUT2D eigenvalue weighted by Gasteiger charge is 2.27. The molecule has 3 heterocycles. The van der Waals surface area contributed by atoms with E-state index < -0.39 is 6.10 Å². The molecule has 0 unspecified atom stereocenters. The Morgan fingerprint density at radius 1 is 1.03 bits per heavy atom. The third-order valence-electron chi connectivity index (χ3n) is 6.52. The van der Waals surface area contributed by atoms with Crippen molar-refractivity contribution >= 4 is 5.88 Å². The number of ether oxygens (including phenoxy) is 3. The van der Waals surface area contributed by atoms with Crippen LogP contribution in [0.25, 0.3) is 11.3 Å². The summed E-state index contributed by atoms with van der Waals surface area (Å²) in [6.45, 7) is 8.04. The lowest BCUT2D eigenvalue weighted by atomic mass is 10.1. The number of anilines is 1. The van der Waals surface area contributed by atoms with Gasteiger partial charge in [0.15, 0.2) is 11.5 Å². The number of fused-ring (bicyclic) bond motifs is 1. The number of aromatic nitrogens is 1. The van der Waals surface area contributed by atoms with E-state index in [4.69, 9.17) is 18.7 Å². The van der Waals surface area contributed by atoms with Gasteiger partial charge in [-0.15, -0.1) is 0 Å². The Hall–Kier alpha value is -3.07.